The van der Waals surface area contributed by atoms with Gasteiger partial charge in [-0.15, -0.1) is 0 Å². The normalized spacial score (nSPS) is 10.4. The standard InChI is InChI=1S/C14H15NO/c1-11-7-13(10-16)9-15-14(11)8-12-5-3-2-4-6-12/h2-7,9,16H,8,10H2,1H3. The molecule has 1 aromatic carbocycles. The summed E-state index contributed by atoms with van der Waals surface area (Å²) >= 11 is 0. The van der Waals surface area contributed by atoms with Crippen LogP contribution in [0.3, 0.4) is 0 Å². The third-order valence-electron chi connectivity index (χ3n) is 2.64. The molecule has 0 atom stereocenters. The van der Waals surface area contributed by atoms with E-state index in [2.05, 4.69) is 17.1 Å². The highest BCUT2D eigenvalue weighted by Crippen LogP contribution is 2.12. The largest absolute Gasteiger partial charge is 0.392 e. The van der Waals surface area contributed by atoms with Gasteiger partial charge in [0.05, 0.1) is 6.61 Å². The second-order valence-corrected chi connectivity index (χ2v) is 3.93. The Bertz CT molecular complexity index is 465. The van der Waals surface area contributed by atoms with Crippen molar-refractivity contribution in [1.82, 2.24) is 4.98 Å². The van der Waals surface area contributed by atoms with Crippen molar-refractivity contribution in [2.24, 2.45) is 0 Å². The van der Waals surface area contributed by atoms with Crippen LogP contribution in [0.15, 0.2) is 42.6 Å². The number of aromatic nitrogens is 1. The van der Waals surface area contributed by atoms with Crippen molar-refractivity contribution in [1.29, 1.82) is 0 Å². The summed E-state index contributed by atoms with van der Waals surface area (Å²) in [6.45, 7) is 2.09. The molecule has 2 rings (SSSR count). The van der Waals surface area contributed by atoms with Gasteiger partial charge >= 0.3 is 0 Å². The lowest BCUT2D eigenvalue weighted by Gasteiger charge is -2.06. The van der Waals surface area contributed by atoms with Crippen LogP contribution in [0.4, 0.5) is 0 Å². The Balaban J connectivity index is 2.22. The molecule has 1 aromatic heterocycles. The van der Waals surface area contributed by atoms with Gasteiger partial charge in [0, 0.05) is 18.3 Å². The highest BCUT2D eigenvalue weighted by atomic mass is 16.3. The Morgan fingerprint density at radius 2 is 1.88 bits per heavy atom. The lowest BCUT2D eigenvalue weighted by Crippen LogP contribution is -1.97. The van der Waals surface area contributed by atoms with E-state index in [4.69, 9.17) is 5.11 Å². The molecule has 0 fully saturated rings. The van der Waals surface area contributed by atoms with Gasteiger partial charge in [0.2, 0.25) is 0 Å². The van der Waals surface area contributed by atoms with Crippen LogP contribution in [0.1, 0.15) is 22.4 Å². The van der Waals surface area contributed by atoms with E-state index in [1.807, 2.05) is 31.2 Å². The third-order valence-corrected chi connectivity index (χ3v) is 2.64. The molecule has 0 saturated heterocycles. The van der Waals surface area contributed by atoms with Gasteiger partial charge < -0.3 is 5.11 Å². The number of rotatable bonds is 3. The van der Waals surface area contributed by atoms with Gasteiger partial charge in [-0.2, -0.15) is 0 Å². The molecule has 16 heavy (non-hydrogen) atoms. The average molecular weight is 213 g/mol. The summed E-state index contributed by atoms with van der Waals surface area (Å²) in [6.07, 6.45) is 2.59. The quantitative estimate of drug-likeness (QED) is 0.849. The van der Waals surface area contributed by atoms with Gasteiger partial charge in [-0.05, 0) is 23.6 Å². The van der Waals surface area contributed by atoms with Crippen LogP contribution in [0.25, 0.3) is 0 Å². The van der Waals surface area contributed by atoms with Crippen molar-refractivity contribution < 1.29 is 5.11 Å². The first-order valence-electron chi connectivity index (χ1n) is 5.39. The van der Waals surface area contributed by atoms with Crippen molar-refractivity contribution in [3.05, 3.63) is 65.0 Å². The summed E-state index contributed by atoms with van der Waals surface area (Å²) in [5.74, 6) is 0. The maximum absolute atomic E-state index is 9.00. The Kier molecular flexibility index (Phi) is 3.32. The summed E-state index contributed by atoms with van der Waals surface area (Å²) in [7, 11) is 0. The first-order chi connectivity index (χ1) is 7.79. The van der Waals surface area contributed by atoms with Crippen molar-refractivity contribution in [3.8, 4) is 0 Å². The Morgan fingerprint density at radius 1 is 1.12 bits per heavy atom. The van der Waals surface area contributed by atoms with Crippen LogP contribution in [0.5, 0.6) is 0 Å². The second kappa shape index (κ2) is 4.90. The van der Waals surface area contributed by atoms with Crippen molar-refractivity contribution in [3.63, 3.8) is 0 Å². The fourth-order valence-electron chi connectivity index (χ4n) is 1.72. The molecule has 0 spiro atoms. The third kappa shape index (κ3) is 2.47. The molecule has 0 aliphatic heterocycles. The van der Waals surface area contributed by atoms with Crippen LogP contribution in [-0.2, 0) is 13.0 Å². The molecule has 1 N–H and O–H groups in total. The van der Waals surface area contributed by atoms with Gasteiger partial charge in [-0.3, -0.25) is 4.98 Å². The fraction of sp³-hybridized carbons (Fsp3) is 0.214. The Labute approximate surface area is 95.6 Å². The smallest absolute Gasteiger partial charge is 0.0696 e. The molecule has 82 valence electrons. The highest BCUT2D eigenvalue weighted by Gasteiger charge is 2.02. The van der Waals surface area contributed by atoms with Crippen LogP contribution in [0.2, 0.25) is 0 Å². The minimum Gasteiger partial charge on any atom is -0.392 e. The minimum atomic E-state index is 0.0550. The molecular formula is C14H15NO. The summed E-state index contributed by atoms with van der Waals surface area (Å²) < 4.78 is 0. The van der Waals surface area contributed by atoms with E-state index in [9.17, 15) is 0 Å². The number of nitrogens with zero attached hydrogens (tertiary/aromatic N) is 1. The molecule has 2 nitrogen and oxygen atoms in total. The molecule has 0 aliphatic carbocycles. The van der Waals surface area contributed by atoms with E-state index in [0.29, 0.717) is 0 Å². The molecule has 2 heteroatoms. The molecule has 0 bridgehead atoms. The number of aryl methyl sites for hydroxylation is 1. The van der Waals surface area contributed by atoms with Crippen molar-refractivity contribution in [2.75, 3.05) is 0 Å². The molecular weight excluding hydrogens is 198 g/mol. The Hall–Kier alpha value is -1.67. The summed E-state index contributed by atoms with van der Waals surface area (Å²) in [6, 6.07) is 12.3. The monoisotopic (exact) mass is 213 g/mol. The predicted octanol–water partition coefficient (Wildman–Crippen LogP) is 2.47. The zero-order valence-electron chi connectivity index (χ0n) is 9.35. The van der Waals surface area contributed by atoms with Crippen LogP contribution < -0.4 is 0 Å². The molecule has 1 heterocycles. The van der Waals surface area contributed by atoms with E-state index in [1.165, 1.54) is 5.56 Å². The summed E-state index contributed by atoms with van der Waals surface area (Å²) in [5, 5.41) is 9.00. The number of aliphatic hydroxyl groups is 1. The average Bonchev–Trinajstić information content (AvgIpc) is 2.33. The number of aliphatic hydroxyl groups excluding tert-OH is 1. The molecule has 0 saturated carbocycles. The zero-order valence-corrected chi connectivity index (χ0v) is 9.35. The van der Waals surface area contributed by atoms with E-state index in [0.717, 1.165) is 23.2 Å². The van der Waals surface area contributed by atoms with Crippen LogP contribution in [-0.4, -0.2) is 10.1 Å². The van der Waals surface area contributed by atoms with Gasteiger partial charge in [-0.1, -0.05) is 36.4 Å². The molecule has 0 unspecified atom stereocenters. The summed E-state index contributed by atoms with van der Waals surface area (Å²) in [4.78, 5) is 4.38. The van der Waals surface area contributed by atoms with E-state index < -0.39 is 0 Å². The first-order valence-corrected chi connectivity index (χ1v) is 5.39. The molecule has 0 amide bonds. The zero-order chi connectivity index (χ0) is 11.4. The van der Waals surface area contributed by atoms with Crippen molar-refractivity contribution >= 4 is 0 Å². The van der Waals surface area contributed by atoms with E-state index in [-0.39, 0.29) is 6.61 Å². The van der Waals surface area contributed by atoms with Crippen molar-refractivity contribution in [2.45, 2.75) is 20.0 Å². The number of benzene rings is 1. The number of pyridine rings is 1. The molecule has 0 aliphatic rings. The van der Waals surface area contributed by atoms with Gasteiger partial charge in [0.1, 0.15) is 0 Å². The number of hydrogen-bond acceptors (Lipinski definition) is 2. The highest BCUT2D eigenvalue weighted by molar-refractivity contribution is 5.29. The second-order valence-electron chi connectivity index (χ2n) is 3.93. The van der Waals surface area contributed by atoms with E-state index in [1.54, 1.807) is 6.20 Å². The fourth-order valence-corrected chi connectivity index (χ4v) is 1.72. The maximum atomic E-state index is 9.00. The molecule has 2 aromatic rings. The SMILES string of the molecule is Cc1cc(CO)cnc1Cc1ccccc1. The van der Waals surface area contributed by atoms with E-state index >= 15 is 0 Å². The van der Waals surface area contributed by atoms with Crippen LogP contribution >= 0.6 is 0 Å². The predicted molar refractivity (Wildman–Crippen MR) is 64.1 cm³/mol. The lowest BCUT2D eigenvalue weighted by atomic mass is 10.0. The maximum Gasteiger partial charge on any atom is 0.0696 e. The summed E-state index contributed by atoms with van der Waals surface area (Å²) in [5.41, 5.74) is 4.34. The first kappa shape index (κ1) is 10.8. The van der Waals surface area contributed by atoms with Gasteiger partial charge in [0.15, 0.2) is 0 Å². The van der Waals surface area contributed by atoms with Gasteiger partial charge in [-0.25, -0.2) is 0 Å². The van der Waals surface area contributed by atoms with Gasteiger partial charge in [0.25, 0.3) is 0 Å². The Morgan fingerprint density at radius 3 is 2.50 bits per heavy atom. The topological polar surface area (TPSA) is 33.1 Å². The molecule has 0 radical (unpaired) electrons. The lowest BCUT2D eigenvalue weighted by molar-refractivity contribution is 0.281. The minimum absolute atomic E-state index is 0.0550. The number of hydrogen-bond donors (Lipinski definition) is 1. The van der Waals surface area contributed by atoms with Crippen LogP contribution in [0, 0.1) is 6.92 Å².